The maximum atomic E-state index is 10.6. The highest BCUT2D eigenvalue weighted by molar-refractivity contribution is 5.69. The summed E-state index contributed by atoms with van der Waals surface area (Å²) in [6, 6.07) is 0.425. The Balaban J connectivity index is 1.65. The number of carbonyl (C=O) groups is 1. The molecule has 0 spiro atoms. The van der Waals surface area contributed by atoms with Crippen molar-refractivity contribution >= 4 is 5.97 Å². The number of piperazine rings is 1. The smallest absolute Gasteiger partial charge is 0.317 e. The molecule has 1 saturated carbocycles. The molecule has 0 aromatic carbocycles. The molecule has 0 atom stereocenters. The van der Waals surface area contributed by atoms with Crippen LogP contribution in [0.2, 0.25) is 0 Å². The highest BCUT2D eigenvalue weighted by Crippen LogP contribution is 2.24. The van der Waals surface area contributed by atoms with E-state index in [2.05, 4.69) is 4.90 Å². The lowest BCUT2D eigenvalue weighted by Gasteiger charge is -2.37. The average Bonchev–Trinajstić information content (AvgIpc) is 2.34. The Bertz CT molecular complexity index is 269. The van der Waals surface area contributed by atoms with E-state index < -0.39 is 5.97 Å². The first kappa shape index (κ1) is 13.8. The van der Waals surface area contributed by atoms with Gasteiger partial charge in [-0.05, 0) is 31.6 Å². The van der Waals surface area contributed by atoms with Gasteiger partial charge in [0.2, 0.25) is 0 Å². The molecule has 3 N–H and O–H groups in total. The van der Waals surface area contributed by atoms with Crippen molar-refractivity contribution in [3.05, 3.63) is 0 Å². The summed E-state index contributed by atoms with van der Waals surface area (Å²) in [4.78, 5) is 15.1. The van der Waals surface area contributed by atoms with E-state index >= 15 is 0 Å². The zero-order valence-corrected chi connectivity index (χ0v) is 11.1. The van der Waals surface area contributed by atoms with Crippen LogP contribution in [0.1, 0.15) is 25.7 Å². The molecule has 1 aliphatic heterocycles. The number of nitrogens with two attached hydrogens (primary N) is 1. The van der Waals surface area contributed by atoms with Crippen LogP contribution >= 0.6 is 0 Å². The van der Waals surface area contributed by atoms with Crippen molar-refractivity contribution in [1.82, 2.24) is 9.80 Å². The Kier molecular flexibility index (Phi) is 4.97. The number of nitrogens with zero attached hydrogens (tertiary/aromatic N) is 2. The monoisotopic (exact) mass is 255 g/mol. The van der Waals surface area contributed by atoms with Crippen molar-refractivity contribution in [3.63, 3.8) is 0 Å². The highest BCUT2D eigenvalue weighted by Gasteiger charge is 2.23. The molecule has 0 radical (unpaired) electrons. The summed E-state index contributed by atoms with van der Waals surface area (Å²) in [5.74, 6) is 0.0838. The van der Waals surface area contributed by atoms with Crippen molar-refractivity contribution < 1.29 is 9.90 Å². The van der Waals surface area contributed by atoms with E-state index in [1.807, 2.05) is 4.90 Å². The summed E-state index contributed by atoms with van der Waals surface area (Å²) in [5.41, 5.74) is 5.92. The van der Waals surface area contributed by atoms with Crippen LogP contribution in [0.3, 0.4) is 0 Å². The van der Waals surface area contributed by atoms with Crippen LogP contribution in [-0.4, -0.2) is 66.2 Å². The predicted molar refractivity (Wildman–Crippen MR) is 70.4 cm³/mol. The van der Waals surface area contributed by atoms with E-state index in [0.29, 0.717) is 6.04 Å². The highest BCUT2D eigenvalue weighted by atomic mass is 16.4. The molecule has 0 bridgehead atoms. The fraction of sp³-hybridized carbons (Fsp3) is 0.923. The first-order chi connectivity index (χ1) is 8.63. The average molecular weight is 255 g/mol. The van der Waals surface area contributed by atoms with Crippen LogP contribution < -0.4 is 5.73 Å². The number of rotatable bonds is 4. The van der Waals surface area contributed by atoms with Crippen LogP contribution in [0.15, 0.2) is 0 Å². The lowest BCUT2D eigenvalue weighted by molar-refractivity contribution is -0.138. The lowest BCUT2D eigenvalue weighted by atomic mass is 9.86. The van der Waals surface area contributed by atoms with E-state index in [9.17, 15) is 4.79 Å². The molecule has 0 aromatic rings. The summed E-state index contributed by atoms with van der Waals surface area (Å²) >= 11 is 0. The number of carboxylic acid groups (broad SMARTS) is 1. The molecule has 5 nitrogen and oxygen atoms in total. The van der Waals surface area contributed by atoms with Gasteiger partial charge in [0, 0.05) is 38.8 Å². The molecule has 0 amide bonds. The molecule has 0 aromatic heterocycles. The first-order valence-corrected chi connectivity index (χ1v) is 7.05. The Labute approximate surface area is 109 Å². The lowest BCUT2D eigenvalue weighted by Crippen LogP contribution is -2.49. The molecule has 1 aliphatic carbocycles. The molecule has 2 aliphatic rings. The minimum atomic E-state index is -0.718. The number of aliphatic carboxylic acids is 1. The quantitative estimate of drug-likeness (QED) is 0.751. The van der Waals surface area contributed by atoms with Gasteiger partial charge in [-0.3, -0.25) is 9.69 Å². The molecule has 5 heteroatoms. The summed E-state index contributed by atoms with van der Waals surface area (Å²) in [6.45, 7) is 5.16. The zero-order valence-electron chi connectivity index (χ0n) is 11.1. The van der Waals surface area contributed by atoms with Gasteiger partial charge in [0.15, 0.2) is 0 Å². The maximum Gasteiger partial charge on any atom is 0.317 e. The minimum absolute atomic E-state index is 0.187. The van der Waals surface area contributed by atoms with Gasteiger partial charge < -0.3 is 15.7 Å². The van der Waals surface area contributed by atoms with Crippen molar-refractivity contribution in [1.29, 1.82) is 0 Å². The second-order valence-corrected chi connectivity index (χ2v) is 5.75. The Morgan fingerprint density at radius 2 is 1.61 bits per heavy atom. The Hall–Kier alpha value is -0.650. The van der Waals surface area contributed by atoms with Gasteiger partial charge in [-0.15, -0.1) is 0 Å². The Morgan fingerprint density at radius 1 is 1.06 bits per heavy atom. The molecule has 2 rings (SSSR count). The summed E-state index contributed by atoms with van der Waals surface area (Å²) < 4.78 is 0. The van der Waals surface area contributed by atoms with Gasteiger partial charge in [-0.2, -0.15) is 0 Å². The number of hydrogen-bond donors (Lipinski definition) is 2. The third-order valence-corrected chi connectivity index (χ3v) is 4.23. The van der Waals surface area contributed by atoms with Crippen LogP contribution in [0, 0.1) is 5.92 Å². The van der Waals surface area contributed by atoms with Gasteiger partial charge in [-0.1, -0.05) is 0 Å². The fourth-order valence-corrected chi connectivity index (χ4v) is 3.06. The van der Waals surface area contributed by atoms with E-state index in [1.54, 1.807) is 0 Å². The first-order valence-electron chi connectivity index (χ1n) is 7.05. The number of hydrogen-bond acceptors (Lipinski definition) is 4. The normalized spacial score (nSPS) is 31.4. The van der Waals surface area contributed by atoms with E-state index in [1.165, 1.54) is 32.2 Å². The standard InChI is InChI=1S/C13H25N3O2/c14-12-3-1-11(2-4-12)9-15-5-7-16(8-6-15)10-13(17)18/h11-12H,1-10,14H2,(H,17,18). The Morgan fingerprint density at radius 3 is 2.17 bits per heavy atom. The van der Waals surface area contributed by atoms with Crippen molar-refractivity contribution in [2.24, 2.45) is 11.7 Å². The van der Waals surface area contributed by atoms with Gasteiger partial charge in [-0.25, -0.2) is 0 Å². The summed E-state index contributed by atoms with van der Waals surface area (Å²) in [5, 5.41) is 8.75. The summed E-state index contributed by atoms with van der Waals surface area (Å²) in [7, 11) is 0. The van der Waals surface area contributed by atoms with Crippen LogP contribution in [0.5, 0.6) is 0 Å². The van der Waals surface area contributed by atoms with E-state index in [0.717, 1.165) is 32.1 Å². The molecule has 104 valence electrons. The maximum absolute atomic E-state index is 10.6. The third-order valence-electron chi connectivity index (χ3n) is 4.23. The molecule has 18 heavy (non-hydrogen) atoms. The second-order valence-electron chi connectivity index (χ2n) is 5.75. The zero-order chi connectivity index (χ0) is 13.0. The van der Waals surface area contributed by atoms with E-state index in [-0.39, 0.29) is 6.54 Å². The minimum Gasteiger partial charge on any atom is -0.480 e. The molecule has 2 fully saturated rings. The molecule has 1 heterocycles. The topological polar surface area (TPSA) is 69.8 Å². The van der Waals surface area contributed by atoms with E-state index in [4.69, 9.17) is 10.8 Å². The predicted octanol–water partition coefficient (Wildman–Crippen LogP) is 0.206. The van der Waals surface area contributed by atoms with Crippen molar-refractivity contribution in [3.8, 4) is 0 Å². The van der Waals surface area contributed by atoms with Crippen molar-refractivity contribution in [2.45, 2.75) is 31.7 Å². The van der Waals surface area contributed by atoms with Crippen molar-refractivity contribution in [2.75, 3.05) is 39.3 Å². The third kappa shape index (κ3) is 4.23. The van der Waals surface area contributed by atoms with Crippen LogP contribution in [0.25, 0.3) is 0 Å². The van der Waals surface area contributed by atoms with Gasteiger partial charge in [0.05, 0.1) is 6.54 Å². The van der Waals surface area contributed by atoms with Crippen LogP contribution in [-0.2, 0) is 4.79 Å². The molecular formula is C13H25N3O2. The molecule has 0 unspecified atom stereocenters. The van der Waals surface area contributed by atoms with Crippen LogP contribution in [0.4, 0.5) is 0 Å². The fourth-order valence-electron chi connectivity index (χ4n) is 3.06. The van der Waals surface area contributed by atoms with Gasteiger partial charge in [0.25, 0.3) is 0 Å². The molecular weight excluding hydrogens is 230 g/mol. The number of carboxylic acids is 1. The summed E-state index contributed by atoms with van der Waals surface area (Å²) in [6.07, 6.45) is 4.86. The molecule has 1 saturated heterocycles. The van der Waals surface area contributed by atoms with Gasteiger partial charge in [0.1, 0.15) is 0 Å². The SMILES string of the molecule is NC1CCC(CN2CCN(CC(=O)O)CC2)CC1. The van der Waals surface area contributed by atoms with Gasteiger partial charge >= 0.3 is 5.97 Å². The second kappa shape index (κ2) is 6.50. The largest absolute Gasteiger partial charge is 0.480 e.